The van der Waals surface area contributed by atoms with E-state index in [1.807, 2.05) is 48.5 Å². The second-order valence-electron chi connectivity index (χ2n) is 14.8. The van der Waals surface area contributed by atoms with Gasteiger partial charge in [-0.2, -0.15) is 0 Å². The number of rotatable bonds is 6. The minimum Gasteiger partial charge on any atom is -0.456 e. The Morgan fingerprint density at radius 1 is 0.397 bits per heavy atom. The minimum atomic E-state index is 0.633. The molecular formula is C53H33N3O2. The summed E-state index contributed by atoms with van der Waals surface area (Å²) in [4.78, 5) is 7.11. The average molecular weight is 744 g/mol. The summed E-state index contributed by atoms with van der Waals surface area (Å²) >= 11 is 0. The van der Waals surface area contributed by atoms with Gasteiger partial charge >= 0.3 is 0 Å². The molecule has 0 aliphatic carbocycles. The van der Waals surface area contributed by atoms with Crippen molar-refractivity contribution in [1.82, 2.24) is 9.55 Å². The molecule has 3 heterocycles. The van der Waals surface area contributed by atoms with Crippen molar-refractivity contribution in [1.29, 1.82) is 0 Å². The zero-order valence-corrected chi connectivity index (χ0v) is 31.2. The van der Waals surface area contributed by atoms with E-state index in [-0.39, 0.29) is 0 Å². The third-order valence-corrected chi connectivity index (χ3v) is 11.4. The highest BCUT2D eigenvalue weighted by Crippen LogP contribution is 2.41. The van der Waals surface area contributed by atoms with E-state index in [2.05, 4.69) is 161 Å². The van der Waals surface area contributed by atoms with Gasteiger partial charge in [-0.05, 0) is 120 Å². The van der Waals surface area contributed by atoms with Gasteiger partial charge in [0.15, 0.2) is 5.58 Å². The number of hydrogen-bond acceptors (Lipinski definition) is 4. The van der Waals surface area contributed by atoms with Crippen molar-refractivity contribution in [2.24, 2.45) is 0 Å². The summed E-state index contributed by atoms with van der Waals surface area (Å²) in [5.41, 5.74) is 13.3. The van der Waals surface area contributed by atoms with Crippen molar-refractivity contribution in [2.75, 3.05) is 4.90 Å². The fourth-order valence-electron chi connectivity index (χ4n) is 8.65. The molecule has 0 N–H and O–H groups in total. The average Bonchev–Trinajstić information content (AvgIpc) is 4.00. The Morgan fingerprint density at radius 3 is 1.78 bits per heavy atom. The molecule has 0 amide bonds. The molecule has 5 heteroatoms. The van der Waals surface area contributed by atoms with Crippen LogP contribution in [0.5, 0.6) is 0 Å². The molecule has 12 rings (SSSR count). The highest BCUT2D eigenvalue weighted by molar-refractivity contribution is 6.10. The Morgan fingerprint density at radius 2 is 1.02 bits per heavy atom. The summed E-state index contributed by atoms with van der Waals surface area (Å²) in [6.07, 6.45) is 0. The second kappa shape index (κ2) is 12.8. The summed E-state index contributed by atoms with van der Waals surface area (Å²) in [6, 6.07) is 70.5. The highest BCUT2D eigenvalue weighted by atomic mass is 16.3. The summed E-state index contributed by atoms with van der Waals surface area (Å²) in [7, 11) is 0. The molecule has 12 aromatic rings. The second-order valence-corrected chi connectivity index (χ2v) is 14.8. The van der Waals surface area contributed by atoms with E-state index in [4.69, 9.17) is 13.8 Å². The van der Waals surface area contributed by atoms with Crippen LogP contribution in [0, 0.1) is 0 Å². The number of hydrogen-bond donors (Lipinski definition) is 0. The molecule has 272 valence electrons. The normalized spacial score (nSPS) is 11.8. The fourth-order valence-corrected chi connectivity index (χ4v) is 8.65. The molecule has 0 aliphatic heterocycles. The molecule has 58 heavy (non-hydrogen) atoms. The topological polar surface area (TPSA) is 47.3 Å². The molecule has 0 spiro atoms. The molecular weight excluding hydrogens is 711 g/mol. The van der Waals surface area contributed by atoms with E-state index < -0.39 is 0 Å². The predicted octanol–water partition coefficient (Wildman–Crippen LogP) is 14.8. The maximum atomic E-state index is 6.33. The lowest BCUT2D eigenvalue weighted by atomic mass is 10.0. The smallest absolute Gasteiger partial charge is 0.227 e. The van der Waals surface area contributed by atoms with E-state index >= 15 is 0 Å². The van der Waals surface area contributed by atoms with Gasteiger partial charge in [0, 0.05) is 55.2 Å². The summed E-state index contributed by atoms with van der Waals surface area (Å²) in [6.45, 7) is 0. The number of para-hydroxylation sites is 3. The largest absolute Gasteiger partial charge is 0.456 e. The van der Waals surface area contributed by atoms with Gasteiger partial charge in [0.2, 0.25) is 5.89 Å². The third kappa shape index (κ3) is 5.14. The van der Waals surface area contributed by atoms with Crippen LogP contribution in [0.4, 0.5) is 17.1 Å². The standard InChI is InChI=1S/C53H33N3O2/c1-2-10-35(11-3-1)53-54-47-30-21-37-32-36(20-29-42(37)52(47)58-53)34-18-22-38(23-19-34)55(41-28-31-51-46(33-41)45-14-6-9-17-50(45)57-51)39-24-26-40(27-25-39)56-48-15-7-4-12-43(48)44-13-5-8-16-49(44)56/h1-33H. The van der Waals surface area contributed by atoms with Gasteiger partial charge < -0.3 is 18.3 Å². The zero-order chi connectivity index (χ0) is 38.2. The molecule has 0 atom stereocenters. The minimum absolute atomic E-state index is 0.633. The monoisotopic (exact) mass is 743 g/mol. The number of fused-ring (bicyclic) bond motifs is 9. The maximum absolute atomic E-state index is 6.33. The lowest BCUT2D eigenvalue weighted by molar-refractivity contribution is 0.623. The van der Waals surface area contributed by atoms with Crippen LogP contribution in [0.25, 0.3) is 93.9 Å². The molecule has 3 aromatic heterocycles. The molecule has 0 radical (unpaired) electrons. The number of anilines is 3. The highest BCUT2D eigenvalue weighted by Gasteiger charge is 2.18. The SMILES string of the molecule is c1ccc(-c2nc3ccc4cc(-c5ccc(N(c6ccc(-n7c8ccccc8c8ccccc87)cc6)c6ccc7oc8ccccc8c7c6)cc5)ccc4c3o2)cc1. The maximum Gasteiger partial charge on any atom is 0.227 e. The first-order valence-corrected chi connectivity index (χ1v) is 19.5. The molecule has 0 saturated heterocycles. The van der Waals surface area contributed by atoms with Crippen LogP contribution in [0.2, 0.25) is 0 Å². The van der Waals surface area contributed by atoms with Crippen molar-refractivity contribution in [3.63, 3.8) is 0 Å². The van der Waals surface area contributed by atoms with E-state index in [9.17, 15) is 0 Å². The summed E-state index contributed by atoms with van der Waals surface area (Å²) in [5, 5.41) is 6.84. The quantitative estimate of drug-likeness (QED) is 0.170. The Balaban J connectivity index is 0.947. The first kappa shape index (κ1) is 32.4. The van der Waals surface area contributed by atoms with Crippen molar-refractivity contribution < 1.29 is 8.83 Å². The number of furan rings is 1. The molecule has 0 bridgehead atoms. The van der Waals surface area contributed by atoms with Crippen LogP contribution in [0.3, 0.4) is 0 Å². The van der Waals surface area contributed by atoms with Gasteiger partial charge in [-0.3, -0.25) is 0 Å². The molecule has 0 saturated carbocycles. The van der Waals surface area contributed by atoms with Gasteiger partial charge in [0.1, 0.15) is 16.7 Å². The molecule has 5 nitrogen and oxygen atoms in total. The van der Waals surface area contributed by atoms with Gasteiger partial charge in [-0.1, -0.05) is 97.1 Å². The summed E-state index contributed by atoms with van der Waals surface area (Å²) in [5.74, 6) is 0.633. The Hall–Kier alpha value is -7.89. The lowest BCUT2D eigenvalue weighted by Gasteiger charge is -2.26. The Labute approximate surface area is 333 Å². The number of nitrogens with zero attached hydrogens (tertiary/aromatic N) is 3. The van der Waals surface area contributed by atoms with Gasteiger partial charge in [-0.25, -0.2) is 4.98 Å². The molecule has 9 aromatic carbocycles. The van der Waals surface area contributed by atoms with Crippen molar-refractivity contribution in [3.8, 4) is 28.3 Å². The Bertz CT molecular complexity index is 3450. The summed E-state index contributed by atoms with van der Waals surface area (Å²) < 4.78 is 14.9. The zero-order valence-electron chi connectivity index (χ0n) is 31.2. The van der Waals surface area contributed by atoms with Crippen LogP contribution in [0.1, 0.15) is 0 Å². The van der Waals surface area contributed by atoms with Crippen LogP contribution in [0.15, 0.2) is 209 Å². The number of aromatic nitrogens is 2. The van der Waals surface area contributed by atoms with Crippen molar-refractivity contribution in [3.05, 3.63) is 200 Å². The van der Waals surface area contributed by atoms with Gasteiger partial charge in [-0.15, -0.1) is 0 Å². The van der Waals surface area contributed by atoms with E-state index in [0.717, 1.165) is 83.3 Å². The first-order valence-electron chi connectivity index (χ1n) is 19.5. The lowest BCUT2D eigenvalue weighted by Crippen LogP contribution is -2.10. The van der Waals surface area contributed by atoms with Crippen LogP contribution < -0.4 is 4.90 Å². The van der Waals surface area contributed by atoms with Crippen molar-refractivity contribution in [2.45, 2.75) is 0 Å². The van der Waals surface area contributed by atoms with Crippen LogP contribution >= 0.6 is 0 Å². The predicted molar refractivity (Wildman–Crippen MR) is 239 cm³/mol. The fraction of sp³-hybridized carbons (Fsp3) is 0. The van der Waals surface area contributed by atoms with Gasteiger partial charge in [0.05, 0.1) is 11.0 Å². The van der Waals surface area contributed by atoms with Crippen LogP contribution in [-0.2, 0) is 0 Å². The molecule has 0 unspecified atom stereocenters. The van der Waals surface area contributed by atoms with Gasteiger partial charge in [0.25, 0.3) is 0 Å². The number of benzene rings is 9. The van der Waals surface area contributed by atoms with Crippen molar-refractivity contribution >= 4 is 82.7 Å². The van der Waals surface area contributed by atoms with E-state index in [0.29, 0.717) is 5.89 Å². The number of oxazole rings is 1. The molecule has 0 fully saturated rings. The molecule has 0 aliphatic rings. The van der Waals surface area contributed by atoms with Crippen LogP contribution in [-0.4, -0.2) is 9.55 Å². The Kier molecular flexibility index (Phi) is 7.16. The van der Waals surface area contributed by atoms with E-state index in [1.54, 1.807) is 0 Å². The van der Waals surface area contributed by atoms with E-state index in [1.165, 1.54) is 21.8 Å². The first-order chi connectivity index (χ1) is 28.7. The third-order valence-electron chi connectivity index (χ3n) is 11.4.